The number of aryl methyl sites for hydroxylation is 2. The lowest BCUT2D eigenvalue weighted by molar-refractivity contribution is 0.330. The van der Waals surface area contributed by atoms with Gasteiger partial charge < -0.3 is 10.1 Å². The topological polar surface area (TPSA) is 21.3 Å². The first-order valence-corrected chi connectivity index (χ1v) is 6.34. The maximum atomic E-state index is 12.9. The van der Waals surface area contributed by atoms with Gasteiger partial charge in [-0.1, -0.05) is 17.7 Å². The fourth-order valence-electron chi connectivity index (χ4n) is 1.80. The molecule has 0 unspecified atom stereocenters. The Bertz CT molecular complexity index is 537. The van der Waals surface area contributed by atoms with Crippen LogP contribution in [-0.2, 0) is 0 Å². The Morgan fingerprint density at radius 1 is 1.05 bits per heavy atom. The highest BCUT2D eigenvalue weighted by atomic mass is 19.1. The molecule has 2 aromatic carbocycles. The molecule has 0 heterocycles. The summed E-state index contributed by atoms with van der Waals surface area (Å²) in [6.45, 7) is 5.15. The first-order valence-electron chi connectivity index (χ1n) is 6.34. The Morgan fingerprint density at radius 3 is 2.47 bits per heavy atom. The summed E-state index contributed by atoms with van der Waals surface area (Å²) in [5.74, 6) is 0.495. The second-order valence-electron chi connectivity index (χ2n) is 4.55. The van der Waals surface area contributed by atoms with Gasteiger partial charge >= 0.3 is 0 Å². The van der Waals surface area contributed by atoms with Gasteiger partial charge in [0.05, 0.1) is 0 Å². The van der Waals surface area contributed by atoms with E-state index in [4.69, 9.17) is 4.74 Å². The fraction of sp³-hybridized carbons (Fsp3) is 0.250. The monoisotopic (exact) mass is 259 g/mol. The SMILES string of the molecule is Cc1ccc(NCCOc2ccc(F)cc2C)cc1. The molecule has 0 fully saturated rings. The molecular formula is C16H18FNO. The normalized spacial score (nSPS) is 10.3. The molecule has 0 aromatic heterocycles. The number of anilines is 1. The molecule has 0 aliphatic carbocycles. The molecular weight excluding hydrogens is 241 g/mol. The van der Waals surface area contributed by atoms with Crippen LogP contribution in [-0.4, -0.2) is 13.2 Å². The fourth-order valence-corrected chi connectivity index (χ4v) is 1.80. The molecule has 2 aromatic rings. The zero-order valence-corrected chi connectivity index (χ0v) is 11.2. The van der Waals surface area contributed by atoms with Crippen molar-refractivity contribution in [3.05, 3.63) is 59.4 Å². The van der Waals surface area contributed by atoms with Gasteiger partial charge in [-0.15, -0.1) is 0 Å². The van der Waals surface area contributed by atoms with Gasteiger partial charge in [0, 0.05) is 12.2 Å². The lowest BCUT2D eigenvalue weighted by atomic mass is 10.2. The second-order valence-corrected chi connectivity index (χ2v) is 4.55. The molecule has 100 valence electrons. The number of ether oxygens (including phenoxy) is 1. The highest BCUT2D eigenvalue weighted by Crippen LogP contribution is 2.18. The Labute approximate surface area is 113 Å². The largest absolute Gasteiger partial charge is 0.491 e. The Balaban J connectivity index is 1.79. The quantitative estimate of drug-likeness (QED) is 0.821. The van der Waals surface area contributed by atoms with Crippen molar-refractivity contribution in [1.29, 1.82) is 0 Å². The number of hydrogen-bond acceptors (Lipinski definition) is 2. The van der Waals surface area contributed by atoms with E-state index in [0.29, 0.717) is 13.2 Å². The van der Waals surface area contributed by atoms with E-state index in [9.17, 15) is 4.39 Å². The zero-order valence-electron chi connectivity index (χ0n) is 11.2. The van der Waals surface area contributed by atoms with Crippen molar-refractivity contribution in [2.24, 2.45) is 0 Å². The van der Waals surface area contributed by atoms with Gasteiger partial charge in [0.2, 0.25) is 0 Å². The van der Waals surface area contributed by atoms with E-state index >= 15 is 0 Å². The number of benzene rings is 2. The third-order valence-electron chi connectivity index (χ3n) is 2.88. The lowest BCUT2D eigenvalue weighted by Gasteiger charge is -2.10. The van der Waals surface area contributed by atoms with Gasteiger partial charge in [0.15, 0.2) is 0 Å². The summed E-state index contributed by atoms with van der Waals surface area (Å²) in [6.07, 6.45) is 0. The molecule has 19 heavy (non-hydrogen) atoms. The maximum Gasteiger partial charge on any atom is 0.123 e. The van der Waals surface area contributed by atoms with Gasteiger partial charge in [0.25, 0.3) is 0 Å². The van der Waals surface area contributed by atoms with E-state index in [1.165, 1.54) is 17.7 Å². The lowest BCUT2D eigenvalue weighted by Crippen LogP contribution is -2.11. The van der Waals surface area contributed by atoms with Gasteiger partial charge in [-0.2, -0.15) is 0 Å². The zero-order chi connectivity index (χ0) is 13.7. The molecule has 0 spiro atoms. The molecule has 0 bridgehead atoms. The Kier molecular flexibility index (Phi) is 4.39. The van der Waals surface area contributed by atoms with Crippen molar-refractivity contribution in [3.63, 3.8) is 0 Å². The van der Waals surface area contributed by atoms with Crippen LogP contribution in [0.1, 0.15) is 11.1 Å². The maximum absolute atomic E-state index is 12.9. The van der Waals surface area contributed by atoms with E-state index in [1.54, 1.807) is 6.07 Å². The minimum atomic E-state index is -0.234. The van der Waals surface area contributed by atoms with Gasteiger partial charge in [-0.3, -0.25) is 0 Å². The predicted octanol–water partition coefficient (Wildman–Crippen LogP) is 3.93. The molecule has 3 heteroatoms. The van der Waals surface area contributed by atoms with Crippen LogP contribution in [0.2, 0.25) is 0 Å². The van der Waals surface area contributed by atoms with Crippen molar-refractivity contribution < 1.29 is 9.13 Å². The number of nitrogens with one attached hydrogen (secondary N) is 1. The predicted molar refractivity (Wildman–Crippen MR) is 76.3 cm³/mol. The summed E-state index contributed by atoms with van der Waals surface area (Å²) in [6, 6.07) is 12.8. The molecule has 0 amide bonds. The van der Waals surface area contributed by atoms with E-state index in [0.717, 1.165) is 17.0 Å². The van der Waals surface area contributed by atoms with Crippen LogP contribution in [0.3, 0.4) is 0 Å². The van der Waals surface area contributed by atoms with Crippen LogP contribution in [0, 0.1) is 19.7 Å². The molecule has 2 nitrogen and oxygen atoms in total. The number of hydrogen-bond donors (Lipinski definition) is 1. The Morgan fingerprint density at radius 2 is 1.79 bits per heavy atom. The molecule has 0 radical (unpaired) electrons. The summed E-state index contributed by atoms with van der Waals surface area (Å²) < 4.78 is 18.5. The minimum Gasteiger partial charge on any atom is -0.491 e. The molecule has 0 aliphatic heterocycles. The summed E-state index contributed by atoms with van der Waals surface area (Å²) >= 11 is 0. The van der Waals surface area contributed by atoms with Crippen LogP contribution in [0.15, 0.2) is 42.5 Å². The summed E-state index contributed by atoms with van der Waals surface area (Å²) in [7, 11) is 0. The molecule has 1 N–H and O–H groups in total. The number of halogens is 1. The van der Waals surface area contributed by atoms with E-state index < -0.39 is 0 Å². The van der Waals surface area contributed by atoms with E-state index in [-0.39, 0.29) is 5.82 Å². The molecule has 0 saturated carbocycles. The summed E-state index contributed by atoms with van der Waals surface area (Å²) in [4.78, 5) is 0. The first-order chi connectivity index (χ1) is 9.15. The van der Waals surface area contributed by atoms with Crippen molar-refractivity contribution in [3.8, 4) is 5.75 Å². The molecule has 0 aliphatic rings. The Hall–Kier alpha value is -2.03. The standard InChI is InChI=1S/C16H18FNO/c1-12-3-6-15(7-4-12)18-9-10-19-16-8-5-14(17)11-13(16)2/h3-8,11,18H,9-10H2,1-2H3. The summed E-state index contributed by atoms with van der Waals surface area (Å²) in [5, 5.41) is 3.27. The van der Waals surface area contributed by atoms with Gasteiger partial charge in [0.1, 0.15) is 18.2 Å². The average Bonchev–Trinajstić information content (AvgIpc) is 2.39. The van der Waals surface area contributed by atoms with E-state index in [2.05, 4.69) is 24.4 Å². The molecule has 2 rings (SSSR count). The minimum absolute atomic E-state index is 0.234. The average molecular weight is 259 g/mol. The smallest absolute Gasteiger partial charge is 0.123 e. The number of rotatable bonds is 5. The van der Waals surface area contributed by atoms with Crippen LogP contribution in [0.4, 0.5) is 10.1 Å². The van der Waals surface area contributed by atoms with Gasteiger partial charge in [-0.05, 0) is 49.7 Å². The van der Waals surface area contributed by atoms with Crippen molar-refractivity contribution in [2.75, 3.05) is 18.5 Å². The second kappa shape index (κ2) is 6.23. The highest BCUT2D eigenvalue weighted by molar-refractivity contribution is 5.44. The molecule has 0 atom stereocenters. The third kappa shape index (κ3) is 3.98. The van der Waals surface area contributed by atoms with Crippen LogP contribution in [0.25, 0.3) is 0 Å². The van der Waals surface area contributed by atoms with Crippen molar-refractivity contribution in [1.82, 2.24) is 0 Å². The van der Waals surface area contributed by atoms with Gasteiger partial charge in [-0.25, -0.2) is 4.39 Å². The van der Waals surface area contributed by atoms with Crippen LogP contribution < -0.4 is 10.1 Å². The highest BCUT2D eigenvalue weighted by Gasteiger charge is 2.00. The third-order valence-corrected chi connectivity index (χ3v) is 2.88. The van der Waals surface area contributed by atoms with Crippen molar-refractivity contribution in [2.45, 2.75) is 13.8 Å². The van der Waals surface area contributed by atoms with Crippen LogP contribution in [0.5, 0.6) is 5.75 Å². The molecule has 0 saturated heterocycles. The van der Waals surface area contributed by atoms with Crippen LogP contribution >= 0.6 is 0 Å². The van der Waals surface area contributed by atoms with E-state index in [1.807, 2.05) is 19.1 Å². The first kappa shape index (κ1) is 13.4. The van der Waals surface area contributed by atoms with Crippen molar-refractivity contribution >= 4 is 5.69 Å². The summed E-state index contributed by atoms with van der Waals surface area (Å²) in [5.41, 5.74) is 3.13.